The Labute approximate surface area is 200 Å². The number of hydrogen-bond acceptors (Lipinski definition) is 5. The molecule has 2 saturated heterocycles. The van der Waals surface area contributed by atoms with E-state index in [9.17, 15) is 0 Å². The molecule has 12 rings (SSSR count). The van der Waals surface area contributed by atoms with Crippen molar-refractivity contribution in [1.29, 1.82) is 0 Å². The summed E-state index contributed by atoms with van der Waals surface area (Å²) in [6.45, 7) is 5.81. The van der Waals surface area contributed by atoms with Crippen molar-refractivity contribution in [3.8, 4) is 0 Å². The summed E-state index contributed by atoms with van der Waals surface area (Å²) in [6.07, 6.45) is 3.97. The van der Waals surface area contributed by atoms with Gasteiger partial charge < -0.3 is 4.74 Å². The molecule has 5 saturated carbocycles. The summed E-state index contributed by atoms with van der Waals surface area (Å²) in [6, 6.07) is 13.3. The van der Waals surface area contributed by atoms with E-state index in [4.69, 9.17) is 14.7 Å². The number of nitrogens with zero attached hydrogens (tertiary/aromatic N) is 4. The predicted octanol–water partition coefficient (Wildman–Crippen LogP) is 3.48. The molecule has 10 unspecified atom stereocenters. The lowest BCUT2D eigenvalue weighted by Crippen LogP contribution is -2.52. The van der Waals surface area contributed by atoms with Crippen LogP contribution in [0.5, 0.6) is 0 Å². The van der Waals surface area contributed by atoms with E-state index < -0.39 is 0 Å². The van der Waals surface area contributed by atoms with E-state index in [-0.39, 0.29) is 11.2 Å². The van der Waals surface area contributed by atoms with Crippen LogP contribution >= 0.6 is 0 Å². The van der Waals surface area contributed by atoms with E-state index in [0.717, 1.165) is 86.6 Å². The van der Waals surface area contributed by atoms with Gasteiger partial charge in [0.1, 0.15) is 0 Å². The maximum atomic E-state index is 7.54. The van der Waals surface area contributed by atoms with Gasteiger partial charge in [0.2, 0.25) is 0 Å². The van der Waals surface area contributed by atoms with Gasteiger partial charge in [0, 0.05) is 39.3 Å². The van der Waals surface area contributed by atoms with Crippen molar-refractivity contribution in [3.63, 3.8) is 0 Å². The summed E-state index contributed by atoms with van der Waals surface area (Å²) >= 11 is 0. The molecule has 10 bridgehead atoms. The summed E-state index contributed by atoms with van der Waals surface area (Å²) < 4.78 is 7.54. The van der Waals surface area contributed by atoms with Crippen LogP contribution in [0.15, 0.2) is 36.4 Å². The van der Waals surface area contributed by atoms with Gasteiger partial charge in [-0.25, -0.2) is 0 Å². The van der Waals surface area contributed by atoms with Crippen molar-refractivity contribution in [3.05, 3.63) is 59.2 Å². The molecule has 0 radical (unpaired) electrons. The van der Waals surface area contributed by atoms with Gasteiger partial charge in [-0.15, -0.1) is 0 Å². The van der Waals surface area contributed by atoms with Crippen LogP contribution in [0.1, 0.15) is 42.0 Å². The highest BCUT2D eigenvalue weighted by atomic mass is 16.5. The Kier molecular flexibility index (Phi) is 3.13. The lowest BCUT2D eigenvalue weighted by Gasteiger charge is -2.48. The molecule has 2 aromatic rings. The quantitative estimate of drug-likeness (QED) is 0.612. The highest BCUT2D eigenvalue weighted by Crippen LogP contribution is 2.93. The van der Waals surface area contributed by atoms with E-state index in [1.54, 1.807) is 6.42 Å². The first kappa shape index (κ1) is 18.4. The van der Waals surface area contributed by atoms with Crippen LogP contribution in [0.2, 0.25) is 0 Å². The predicted molar refractivity (Wildman–Crippen MR) is 125 cm³/mol. The Balaban J connectivity index is 1.14. The summed E-state index contributed by atoms with van der Waals surface area (Å²) in [7, 11) is 0. The molecule has 0 amide bonds. The van der Waals surface area contributed by atoms with Gasteiger partial charge in [-0.1, -0.05) is 12.1 Å². The molecule has 7 heterocycles. The molecule has 5 aliphatic carbocycles. The van der Waals surface area contributed by atoms with Crippen LogP contribution in [-0.4, -0.2) is 44.1 Å². The average Bonchev–Trinajstić information content (AvgIpc) is 3.48. The third kappa shape index (κ3) is 1.90. The maximum absolute atomic E-state index is 7.54. The zero-order valence-electron chi connectivity index (χ0n) is 19.6. The minimum atomic E-state index is 0.189. The van der Waals surface area contributed by atoms with Crippen LogP contribution in [0.3, 0.4) is 0 Å². The molecule has 7 fully saturated rings. The molecular weight excluding hydrogens is 420 g/mol. The molecule has 5 heteroatoms. The molecule has 174 valence electrons. The second kappa shape index (κ2) is 5.77. The van der Waals surface area contributed by atoms with Crippen LogP contribution in [0.4, 0.5) is 0 Å². The lowest BCUT2D eigenvalue weighted by atomic mass is 9.54. The fraction of sp³-hybridized carbons (Fsp3) is 0.655. The normalized spacial score (nSPS) is 54.1. The van der Waals surface area contributed by atoms with Crippen LogP contribution in [0.25, 0.3) is 0 Å². The standard InChI is InChI=1S/C29H32N4O/c1-3-16-12-32-9-7-28-24-20-11-21-23-22(20)26(28)27(23)29(34-28,25(21)24)8-10-33(13-17(4-1)30-16)15-19-6-2-5-18(14-32)31-19/h1-6,20-27H,7-15H2. The lowest BCUT2D eigenvalue weighted by molar-refractivity contribution is -0.0864. The van der Waals surface area contributed by atoms with Crippen molar-refractivity contribution >= 4 is 0 Å². The van der Waals surface area contributed by atoms with Crippen molar-refractivity contribution in [2.45, 2.75) is 56.6 Å². The SMILES string of the molecule is c1cc2nc(c1)CN1CCC34OC5(CCN(C2)Cc2cccc(n2)C1)C1C2CC(C6C2C5C63)C14. The zero-order chi connectivity index (χ0) is 21.8. The van der Waals surface area contributed by atoms with Crippen LogP contribution in [0, 0.1) is 47.3 Å². The number of aromatic nitrogens is 2. The summed E-state index contributed by atoms with van der Waals surface area (Å²) in [5.41, 5.74) is 5.18. The number of ether oxygens (including phenoxy) is 1. The first-order valence-corrected chi connectivity index (χ1v) is 13.8. The van der Waals surface area contributed by atoms with Crippen molar-refractivity contribution in [1.82, 2.24) is 19.8 Å². The summed E-state index contributed by atoms with van der Waals surface area (Å²) in [5.74, 6) is 7.51. The van der Waals surface area contributed by atoms with Gasteiger partial charge in [-0.3, -0.25) is 19.8 Å². The van der Waals surface area contributed by atoms with E-state index in [1.165, 1.54) is 35.6 Å². The summed E-state index contributed by atoms with van der Waals surface area (Å²) in [5, 5.41) is 0. The number of fused-ring (bicyclic) bond motifs is 2. The second-order valence-electron chi connectivity index (χ2n) is 13.0. The van der Waals surface area contributed by atoms with Gasteiger partial charge in [-0.05, 0) is 90.9 Å². The topological polar surface area (TPSA) is 41.5 Å². The number of rotatable bonds is 0. The molecular formula is C29H32N4O. The fourth-order valence-electron chi connectivity index (χ4n) is 11.7. The van der Waals surface area contributed by atoms with Gasteiger partial charge in [0.15, 0.2) is 0 Å². The molecule has 2 aromatic heterocycles. The van der Waals surface area contributed by atoms with E-state index in [2.05, 4.69) is 46.2 Å². The first-order chi connectivity index (χ1) is 16.7. The van der Waals surface area contributed by atoms with Crippen LogP contribution in [-0.2, 0) is 30.9 Å². The Morgan fingerprint density at radius 1 is 0.647 bits per heavy atom. The Morgan fingerprint density at radius 3 is 1.53 bits per heavy atom. The average molecular weight is 453 g/mol. The van der Waals surface area contributed by atoms with Gasteiger partial charge >= 0.3 is 0 Å². The zero-order valence-corrected chi connectivity index (χ0v) is 19.6. The van der Waals surface area contributed by atoms with Gasteiger partial charge in [0.05, 0.1) is 34.0 Å². The van der Waals surface area contributed by atoms with E-state index in [0.29, 0.717) is 0 Å². The van der Waals surface area contributed by atoms with Gasteiger partial charge in [-0.2, -0.15) is 0 Å². The number of hydrogen-bond donors (Lipinski definition) is 0. The van der Waals surface area contributed by atoms with Crippen molar-refractivity contribution in [2.24, 2.45) is 47.3 Å². The second-order valence-corrected chi connectivity index (χ2v) is 13.0. The molecule has 10 aliphatic rings. The van der Waals surface area contributed by atoms with Gasteiger partial charge in [0.25, 0.3) is 0 Å². The Bertz CT molecular complexity index is 1110. The fourth-order valence-corrected chi connectivity index (χ4v) is 11.7. The third-order valence-corrected chi connectivity index (χ3v) is 12.0. The largest absolute Gasteiger partial charge is 0.367 e. The van der Waals surface area contributed by atoms with E-state index >= 15 is 0 Å². The maximum Gasteiger partial charge on any atom is 0.0771 e. The van der Waals surface area contributed by atoms with Crippen molar-refractivity contribution < 1.29 is 4.74 Å². The molecule has 0 aromatic carbocycles. The van der Waals surface area contributed by atoms with E-state index in [1.807, 2.05) is 0 Å². The van der Waals surface area contributed by atoms with Crippen LogP contribution < -0.4 is 0 Å². The highest BCUT2D eigenvalue weighted by Gasteiger charge is 2.96. The first-order valence-electron chi connectivity index (χ1n) is 13.8. The monoisotopic (exact) mass is 452 g/mol. The molecule has 5 aliphatic heterocycles. The molecule has 10 atom stereocenters. The third-order valence-electron chi connectivity index (χ3n) is 12.0. The Hall–Kier alpha value is -1.82. The number of pyridine rings is 2. The minimum Gasteiger partial charge on any atom is -0.367 e. The minimum absolute atomic E-state index is 0.189. The smallest absolute Gasteiger partial charge is 0.0771 e. The molecule has 0 N–H and O–H groups in total. The Morgan fingerprint density at radius 2 is 1.09 bits per heavy atom. The summed E-state index contributed by atoms with van der Waals surface area (Å²) in [4.78, 5) is 15.5. The highest BCUT2D eigenvalue weighted by molar-refractivity contribution is 5.43. The molecule has 2 spiro atoms. The molecule has 5 nitrogen and oxygen atoms in total. The molecule has 34 heavy (non-hydrogen) atoms. The van der Waals surface area contributed by atoms with Crippen molar-refractivity contribution in [2.75, 3.05) is 13.1 Å².